The van der Waals surface area contributed by atoms with E-state index >= 15 is 0 Å². The molecular formula is C55H60ClN11O9. The first-order chi connectivity index (χ1) is 36.8. The number of aliphatic hydroxyl groups is 1. The van der Waals surface area contributed by atoms with Crippen LogP contribution in [0.1, 0.15) is 90.2 Å². The number of esters is 1. The van der Waals surface area contributed by atoms with Crippen molar-refractivity contribution in [3.63, 3.8) is 0 Å². The summed E-state index contributed by atoms with van der Waals surface area (Å²) in [6.45, 7) is 8.19. The number of carbonyl (C=O) groups excluding carboxylic acids is 4. The highest BCUT2D eigenvalue weighted by Gasteiger charge is 2.45. The molecule has 3 aromatic heterocycles. The highest BCUT2D eigenvalue weighted by Crippen LogP contribution is 2.41. The maximum absolute atomic E-state index is 14.0. The molecule has 0 unspecified atom stereocenters. The van der Waals surface area contributed by atoms with Gasteiger partial charge in [-0.2, -0.15) is 5.26 Å². The van der Waals surface area contributed by atoms with E-state index < -0.39 is 17.7 Å². The van der Waals surface area contributed by atoms with Crippen LogP contribution in [0, 0.1) is 17.2 Å². The second-order valence-electron chi connectivity index (χ2n) is 20.8. The lowest BCUT2D eigenvalue weighted by Crippen LogP contribution is -2.51. The van der Waals surface area contributed by atoms with Gasteiger partial charge in [-0.15, -0.1) is 10.2 Å². The number of piperidine rings is 1. The van der Waals surface area contributed by atoms with Crippen molar-refractivity contribution in [2.24, 2.45) is 5.92 Å². The summed E-state index contributed by atoms with van der Waals surface area (Å²) in [6.07, 6.45) is 3.94. The number of hydrogen-bond acceptors (Lipinski definition) is 16. The molecule has 76 heavy (non-hydrogen) atoms. The highest BCUT2D eigenvalue weighted by molar-refractivity contribution is 6.31. The van der Waals surface area contributed by atoms with Crippen LogP contribution in [-0.2, 0) is 39.6 Å². The molecule has 11 rings (SSSR count). The topological polar surface area (TPSA) is 229 Å². The monoisotopic (exact) mass is 1050 g/mol. The summed E-state index contributed by atoms with van der Waals surface area (Å²) < 4.78 is 19.2. The number of nitrogens with zero attached hydrogens (tertiary/aromatic N) is 10. The zero-order valence-electron chi connectivity index (χ0n) is 42.6. The largest absolute Gasteiger partial charge is 0.490 e. The van der Waals surface area contributed by atoms with Crippen LogP contribution in [0.25, 0.3) is 22.3 Å². The number of cyclic esters (lactones) is 1. The molecular weight excluding hydrogens is 994 g/mol. The van der Waals surface area contributed by atoms with Crippen LogP contribution in [0.15, 0.2) is 59.4 Å². The second kappa shape index (κ2) is 21.1. The summed E-state index contributed by atoms with van der Waals surface area (Å²) in [7, 11) is 2.02. The van der Waals surface area contributed by atoms with Gasteiger partial charge in [0, 0.05) is 112 Å². The number of nitriles is 1. The van der Waals surface area contributed by atoms with E-state index in [2.05, 4.69) is 36.3 Å². The summed E-state index contributed by atoms with van der Waals surface area (Å²) in [5.74, 6) is 0.644. The van der Waals surface area contributed by atoms with Crippen molar-refractivity contribution in [3.05, 3.63) is 103 Å². The van der Waals surface area contributed by atoms with E-state index in [1.807, 2.05) is 30.1 Å². The molecule has 3 amide bonds. The third-order valence-electron chi connectivity index (χ3n) is 16.2. The van der Waals surface area contributed by atoms with Crippen LogP contribution < -0.4 is 25.2 Å². The Balaban J connectivity index is 0.708. The standard InChI is InChI=1S/C55H60ClN11O9/c1-3-55(73)42-28-46-49-35(30-67(46)52(70)41(42)32-74-53(55)71)26-39-40(47(12-10-44(39)59-49)76-54(72)66-22-18-62(2)19-23-66)31-63-20-24-65(25-21-63)51(69)33-14-16-64(17-15-33)48-13-11-45(60-61-48)50(68)58-36-5-8-37(9-6-36)75-38-7-4-34(29-57)43(56)27-38/h4,7,10-13,26-28,33,36-37,73H,3,5-6,8-9,14-25,30-32H2,1-2H3,(H,58,68)/t36-,37-,55-/m0/s1. The van der Waals surface area contributed by atoms with Crippen molar-refractivity contribution < 1.29 is 38.5 Å². The number of nitrogens with one attached hydrogen (secondary N) is 1. The first kappa shape index (κ1) is 51.0. The number of halogens is 1. The lowest BCUT2D eigenvalue weighted by atomic mass is 9.86. The van der Waals surface area contributed by atoms with Crippen molar-refractivity contribution in [1.29, 1.82) is 5.26 Å². The van der Waals surface area contributed by atoms with Crippen LogP contribution >= 0.6 is 11.6 Å². The smallest absolute Gasteiger partial charge is 0.415 e. The Bertz CT molecular complexity index is 3210. The molecule has 2 aromatic carbocycles. The number of fused-ring (bicyclic) bond motifs is 5. The van der Waals surface area contributed by atoms with E-state index in [0.717, 1.165) is 55.3 Å². The number of aromatic nitrogens is 4. The van der Waals surface area contributed by atoms with Crippen LogP contribution in [0.4, 0.5) is 10.6 Å². The van der Waals surface area contributed by atoms with Gasteiger partial charge in [0.1, 0.15) is 24.2 Å². The molecule has 5 aromatic rings. The van der Waals surface area contributed by atoms with E-state index in [1.54, 1.807) is 52.8 Å². The summed E-state index contributed by atoms with van der Waals surface area (Å²) in [5, 5.41) is 33.5. The summed E-state index contributed by atoms with van der Waals surface area (Å²) in [6, 6.07) is 17.9. The molecule has 5 aliphatic heterocycles. The van der Waals surface area contributed by atoms with E-state index in [-0.39, 0.29) is 71.8 Å². The van der Waals surface area contributed by atoms with Crippen molar-refractivity contribution >= 4 is 52.2 Å². The van der Waals surface area contributed by atoms with Crippen LogP contribution in [0.3, 0.4) is 0 Å². The summed E-state index contributed by atoms with van der Waals surface area (Å²) in [5.41, 5.74) is 2.14. The van der Waals surface area contributed by atoms with Gasteiger partial charge in [0.15, 0.2) is 17.1 Å². The summed E-state index contributed by atoms with van der Waals surface area (Å²) in [4.78, 5) is 82.9. The van der Waals surface area contributed by atoms with Crippen molar-refractivity contribution in [2.75, 3.05) is 77.4 Å². The van der Waals surface area contributed by atoms with E-state index in [0.29, 0.717) is 117 Å². The normalized spacial score (nSPS) is 22.0. The molecule has 0 radical (unpaired) electrons. The maximum atomic E-state index is 14.0. The number of rotatable bonds is 10. The Kier molecular flexibility index (Phi) is 14.1. The zero-order chi connectivity index (χ0) is 52.8. The zero-order valence-corrected chi connectivity index (χ0v) is 43.4. The molecule has 4 fully saturated rings. The molecule has 396 valence electrons. The number of anilines is 1. The molecule has 21 heteroatoms. The van der Waals surface area contributed by atoms with Crippen molar-refractivity contribution in [3.8, 4) is 29.0 Å². The van der Waals surface area contributed by atoms with Gasteiger partial charge >= 0.3 is 12.1 Å². The second-order valence-corrected chi connectivity index (χ2v) is 21.2. The fourth-order valence-electron chi connectivity index (χ4n) is 11.5. The number of pyridine rings is 2. The Morgan fingerprint density at radius 2 is 1.64 bits per heavy atom. The number of amides is 3. The molecule has 3 saturated heterocycles. The number of hydrogen-bond donors (Lipinski definition) is 2. The fraction of sp³-hybridized carbons (Fsp3) is 0.473. The quantitative estimate of drug-likeness (QED) is 0.175. The lowest BCUT2D eigenvalue weighted by molar-refractivity contribution is -0.172. The maximum Gasteiger partial charge on any atom is 0.415 e. The van der Waals surface area contributed by atoms with Gasteiger partial charge in [-0.1, -0.05) is 18.5 Å². The molecule has 1 saturated carbocycles. The third kappa shape index (κ3) is 9.92. The number of likely N-dealkylation sites (N-methyl/N-ethyl adjacent to an activating group) is 1. The van der Waals surface area contributed by atoms with Gasteiger partial charge in [0.2, 0.25) is 5.91 Å². The average Bonchev–Trinajstić information content (AvgIpc) is 3.92. The first-order valence-electron chi connectivity index (χ1n) is 26.3. The minimum absolute atomic E-state index is 0.0135. The molecule has 20 nitrogen and oxygen atoms in total. The first-order valence-corrected chi connectivity index (χ1v) is 26.7. The van der Waals surface area contributed by atoms with Crippen LogP contribution in [0.2, 0.25) is 5.02 Å². The predicted molar refractivity (Wildman–Crippen MR) is 279 cm³/mol. The number of carbonyl (C=O) groups is 4. The highest BCUT2D eigenvalue weighted by atomic mass is 35.5. The van der Waals surface area contributed by atoms with Gasteiger partial charge in [0.25, 0.3) is 11.5 Å². The molecule has 0 spiro atoms. The summed E-state index contributed by atoms with van der Waals surface area (Å²) >= 11 is 6.18. The minimum atomic E-state index is -1.94. The molecule has 1 atom stereocenters. The van der Waals surface area contributed by atoms with E-state index in [1.165, 1.54) is 0 Å². The van der Waals surface area contributed by atoms with Crippen LogP contribution in [-0.4, -0.2) is 153 Å². The van der Waals surface area contributed by atoms with E-state index in [9.17, 15) is 29.1 Å². The minimum Gasteiger partial charge on any atom is -0.490 e. The molecule has 8 heterocycles. The predicted octanol–water partition coefficient (Wildman–Crippen LogP) is 4.82. The van der Waals surface area contributed by atoms with E-state index in [4.69, 9.17) is 36.1 Å². The Morgan fingerprint density at radius 3 is 2.34 bits per heavy atom. The van der Waals surface area contributed by atoms with Crippen molar-refractivity contribution in [2.45, 2.75) is 89.3 Å². The molecule has 2 N–H and O–H groups in total. The molecule has 0 bridgehead atoms. The van der Waals surface area contributed by atoms with Gasteiger partial charge in [-0.25, -0.2) is 14.6 Å². The Labute approximate surface area is 444 Å². The SMILES string of the molecule is CC[C@@]1(O)C(=O)OCc2c1cc1n(c2=O)Cc2cc3c(CN4CCN(C(=O)C5CCN(c6ccc(C(=O)N[C@H]7CC[C@H](Oc8ccc(C#N)c(Cl)c8)CC7)nn6)CC5)CC4)c(OC(=O)N4CCN(C)CC4)ccc3nc2-1. The van der Waals surface area contributed by atoms with Crippen LogP contribution in [0.5, 0.6) is 11.5 Å². The van der Waals surface area contributed by atoms with Gasteiger partial charge in [0.05, 0.1) is 45.7 Å². The molecule has 1 aliphatic carbocycles. The number of ether oxygens (including phenoxy) is 3. The lowest BCUT2D eigenvalue weighted by Gasteiger charge is -2.39. The third-order valence-corrected chi connectivity index (χ3v) is 16.5. The Morgan fingerprint density at radius 1 is 0.895 bits per heavy atom. The van der Waals surface area contributed by atoms with Gasteiger partial charge < -0.3 is 48.8 Å². The molecule has 6 aliphatic rings. The number of benzene rings is 2. The van der Waals surface area contributed by atoms with Gasteiger partial charge in [-0.3, -0.25) is 19.3 Å². The van der Waals surface area contributed by atoms with Gasteiger partial charge in [-0.05, 0) is 101 Å². The van der Waals surface area contributed by atoms with Crippen molar-refractivity contribution in [1.82, 2.24) is 44.7 Å². The average molecular weight is 1050 g/mol. The number of piperazine rings is 2. The fourth-order valence-corrected chi connectivity index (χ4v) is 11.7. The Hall–Kier alpha value is -7.18.